The fourth-order valence-corrected chi connectivity index (χ4v) is 2.20. The van der Waals surface area contributed by atoms with Gasteiger partial charge in [-0.25, -0.2) is 0 Å². The Morgan fingerprint density at radius 2 is 2.10 bits per heavy atom. The molecule has 6 heteroatoms. The van der Waals surface area contributed by atoms with Gasteiger partial charge in [0.1, 0.15) is 5.76 Å². The minimum atomic E-state index is -0.0760. The number of hydrogen-bond donors (Lipinski definition) is 1. The normalized spacial score (nSPS) is 10.5. The summed E-state index contributed by atoms with van der Waals surface area (Å²) < 4.78 is 5.13. The van der Waals surface area contributed by atoms with Gasteiger partial charge in [0, 0.05) is 36.9 Å². The van der Waals surface area contributed by atoms with Crippen molar-refractivity contribution in [3.8, 4) is 0 Å². The van der Waals surface area contributed by atoms with Gasteiger partial charge in [-0.1, -0.05) is 16.8 Å². The molecule has 0 aliphatic carbocycles. The lowest BCUT2D eigenvalue weighted by Gasteiger charge is -2.15. The third-order valence-electron chi connectivity index (χ3n) is 3.26. The Morgan fingerprint density at radius 1 is 1.38 bits per heavy atom. The van der Waals surface area contributed by atoms with E-state index in [1.165, 1.54) is 4.90 Å². The molecule has 1 amide bonds. The lowest BCUT2D eigenvalue weighted by molar-refractivity contribution is 0.0828. The zero-order valence-corrected chi connectivity index (χ0v) is 13.3. The molecule has 0 aliphatic rings. The third-order valence-corrected chi connectivity index (χ3v) is 3.49. The minimum absolute atomic E-state index is 0.0760. The van der Waals surface area contributed by atoms with E-state index in [1.807, 2.05) is 13.8 Å². The second-order valence-electron chi connectivity index (χ2n) is 5.05. The van der Waals surface area contributed by atoms with Gasteiger partial charge in [0.2, 0.25) is 0 Å². The van der Waals surface area contributed by atoms with E-state index < -0.39 is 0 Å². The van der Waals surface area contributed by atoms with E-state index in [0.29, 0.717) is 22.8 Å². The fourth-order valence-electron chi connectivity index (χ4n) is 2.03. The molecule has 0 unspecified atom stereocenters. The molecule has 0 spiro atoms. The van der Waals surface area contributed by atoms with Gasteiger partial charge in [0.25, 0.3) is 5.91 Å². The second kappa shape index (κ2) is 6.18. The molecule has 1 N–H and O–H groups in total. The van der Waals surface area contributed by atoms with Crippen LogP contribution in [0.1, 0.15) is 27.4 Å². The molecule has 0 fully saturated rings. The summed E-state index contributed by atoms with van der Waals surface area (Å²) in [6.07, 6.45) is 0. The first-order valence-electron chi connectivity index (χ1n) is 6.57. The van der Waals surface area contributed by atoms with Crippen molar-refractivity contribution in [2.45, 2.75) is 20.4 Å². The summed E-state index contributed by atoms with van der Waals surface area (Å²) in [6.45, 7) is 4.27. The van der Waals surface area contributed by atoms with Crippen molar-refractivity contribution in [1.29, 1.82) is 0 Å². The Hall–Kier alpha value is -2.01. The molecule has 1 aromatic carbocycles. The molecule has 0 bridgehead atoms. The van der Waals surface area contributed by atoms with Crippen LogP contribution in [0.5, 0.6) is 0 Å². The van der Waals surface area contributed by atoms with E-state index in [4.69, 9.17) is 16.1 Å². The summed E-state index contributed by atoms with van der Waals surface area (Å²) in [4.78, 5) is 13.7. The number of benzene rings is 1. The highest BCUT2D eigenvalue weighted by Crippen LogP contribution is 2.23. The number of aromatic nitrogens is 1. The van der Waals surface area contributed by atoms with Gasteiger partial charge >= 0.3 is 0 Å². The average Bonchev–Trinajstić information content (AvgIpc) is 2.75. The van der Waals surface area contributed by atoms with Crippen molar-refractivity contribution in [1.82, 2.24) is 10.1 Å². The highest BCUT2D eigenvalue weighted by Gasteiger charge is 2.15. The topological polar surface area (TPSA) is 58.4 Å². The molecule has 2 rings (SSSR count). The van der Waals surface area contributed by atoms with Crippen LogP contribution in [0.3, 0.4) is 0 Å². The summed E-state index contributed by atoms with van der Waals surface area (Å²) in [7, 11) is 3.43. The lowest BCUT2D eigenvalue weighted by Crippen LogP contribution is -2.23. The van der Waals surface area contributed by atoms with E-state index >= 15 is 0 Å². The van der Waals surface area contributed by atoms with Crippen LogP contribution < -0.4 is 5.32 Å². The highest BCUT2D eigenvalue weighted by atomic mass is 35.5. The maximum Gasteiger partial charge on any atom is 0.255 e. The van der Waals surface area contributed by atoms with Crippen molar-refractivity contribution < 1.29 is 9.32 Å². The number of halogens is 1. The van der Waals surface area contributed by atoms with Gasteiger partial charge in [0.05, 0.1) is 11.3 Å². The van der Waals surface area contributed by atoms with Gasteiger partial charge in [0.15, 0.2) is 0 Å². The zero-order valence-electron chi connectivity index (χ0n) is 12.5. The first kappa shape index (κ1) is 15.4. The molecular formula is C15H18ClN3O2. The summed E-state index contributed by atoms with van der Waals surface area (Å²) >= 11 is 6.03. The van der Waals surface area contributed by atoms with Crippen LogP contribution in [0.2, 0.25) is 5.02 Å². The second-order valence-corrected chi connectivity index (χ2v) is 5.48. The standard InChI is InChI=1S/C15H18ClN3O2/c1-9-13(10(2)21-18-9)8-17-14-7-11(16)5-6-12(14)15(20)19(3)4/h5-7,17H,8H2,1-4H3. The van der Waals surface area contributed by atoms with Gasteiger partial charge < -0.3 is 14.7 Å². The van der Waals surface area contributed by atoms with Crippen molar-refractivity contribution >= 4 is 23.2 Å². The molecule has 21 heavy (non-hydrogen) atoms. The molecule has 1 heterocycles. The van der Waals surface area contributed by atoms with Crippen LogP contribution in [0, 0.1) is 13.8 Å². The first-order chi connectivity index (χ1) is 9.90. The number of nitrogens with one attached hydrogen (secondary N) is 1. The number of hydrogen-bond acceptors (Lipinski definition) is 4. The van der Waals surface area contributed by atoms with Crippen LogP contribution in [-0.4, -0.2) is 30.1 Å². The zero-order chi connectivity index (χ0) is 15.6. The summed E-state index contributed by atoms with van der Waals surface area (Å²) in [6, 6.07) is 5.18. The average molecular weight is 308 g/mol. The van der Waals surface area contributed by atoms with E-state index in [-0.39, 0.29) is 5.91 Å². The van der Waals surface area contributed by atoms with Gasteiger partial charge in [-0.3, -0.25) is 4.79 Å². The van der Waals surface area contributed by atoms with Crippen LogP contribution in [0.25, 0.3) is 0 Å². The number of anilines is 1. The lowest BCUT2D eigenvalue weighted by atomic mass is 10.1. The molecule has 0 aliphatic heterocycles. The number of carbonyl (C=O) groups excluding carboxylic acids is 1. The predicted octanol–water partition coefficient (Wildman–Crippen LogP) is 3.26. The monoisotopic (exact) mass is 307 g/mol. The van der Waals surface area contributed by atoms with Crippen LogP contribution >= 0.6 is 11.6 Å². The number of carbonyl (C=O) groups is 1. The van der Waals surface area contributed by atoms with Crippen molar-refractivity contribution in [3.05, 3.63) is 45.8 Å². The minimum Gasteiger partial charge on any atom is -0.380 e. The molecule has 0 saturated carbocycles. The quantitative estimate of drug-likeness (QED) is 0.942. The first-order valence-corrected chi connectivity index (χ1v) is 6.94. The van der Waals surface area contributed by atoms with E-state index in [2.05, 4.69) is 10.5 Å². The van der Waals surface area contributed by atoms with Crippen LogP contribution in [-0.2, 0) is 6.54 Å². The predicted molar refractivity (Wildman–Crippen MR) is 82.8 cm³/mol. The number of aryl methyl sites for hydroxylation is 2. The SMILES string of the molecule is Cc1noc(C)c1CNc1cc(Cl)ccc1C(=O)N(C)C. The number of rotatable bonds is 4. The molecular weight excluding hydrogens is 290 g/mol. The van der Waals surface area contributed by atoms with Gasteiger partial charge in [-0.15, -0.1) is 0 Å². The number of amides is 1. The summed E-state index contributed by atoms with van der Waals surface area (Å²) in [5, 5.41) is 7.73. The maximum absolute atomic E-state index is 12.2. The maximum atomic E-state index is 12.2. The Balaban J connectivity index is 2.27. The molecule has 112 valence electrons. The Labute approximate surface area is 128 Å². The highest BCUT2D eigenvalue weighted by molar-refractivity contribution is 6.31. The van der Waals surface area contributed by atoms with Crippen molar-refractivity contribution in [3.63, 3.8) is 0 Å². The Bertz CT molecular complexity index is 645. The van der Waals surface area contributed by atoms with Gasteiger partial charge in [-0.05, 0) is 32.0 Å². The van der Waals surface area contributed by atoms with Crippen LogP contribution in [0.15, 0.2) is 22.7 Å². The molecule has 2 aromatic rings. The summed E-state index contributed by atoms with van der Waals surface area (Å²) in [5.74, 6) is 0.690. The Morgan fingerprint density at radius 3 is 2.67 bits per heavy atom. The molecule has 0 radical (unpaired) electrons. The van der Waals surface area contributed by atoms with Gasteiger partial charge in [-0.2, -0.15) is 0 Å². The van der Waals surface area contributed by atoms with Crippen molar-refractivity contribution in [2.75, 3.05) is 19.4 Å². The summed E-state index contributed by atoms with van der Waals surface area (Å²) in [5.41, 5.74) is 3.10. The number of nitrogens with zero attached hydrogens (tertiary/aromatic N) is 2. The molecule has 0 saturated heterocycles. The van der Waals surface area contributed by atoms with Crippen molar-refractivity contribution in [2.24, 2.45) is 0 Å². The third kappa shape index (κ3) is 3.36. The largest absolute Gasteiger partial charge is 0.380 e. The fraction of sp³-hybridized carbons (Fsp3) is 0.333. The van der Waals surface area contributed by atoms with E-state index in [9.17, 15) is 4.79 Å². The molecule has 5 nitrogen and oxygen atoms in total. The van der Waals surface area contributed by atoms with E-state index in [0.717, 1.165) is 17.0 Å². The smallest absolute Gasteiger partial charge is 0.255 e. The molecule has 1 aromatic heterocycles. The Kier molecular flexibility index (Phi) is 4.53. The van der Waals surface area contributed by atoms with E-state index in [1.54, 1.807) is 32.3 Å². The molecule has 0 atom stereocenters. The van der Waals surface area contributed by atoms with Crippen LogP contribution in [0.4, 0.5) is 5.69 Å².